The van der Waals surface area contributed by atoms with Crippen LogP contribution in [0.4, 0.5) is 5.69 Å². The summed E-state index contributed by atoms with van der Waals surface area (Å²) in [7, 11) is 0. The van der Waals surface area contributed by atoms with Gasteiger partial charge in [-0.3, -0.25) is 4.79 Å². The van der Waals surface area contributed by atoms with Gasteiger partial charge in [0.15, 0.2) is 6.61 Å². The molecule has 2 heterocycles. The molecule has 0 bridgehead atoms. The fraction of sp³-hybridized carbons (Fsp3) is 0.150. The van der Waals surface area contributed by atoms with Crippen LogP contribution in [0.15, 0.2) is 59.2 Å². The van der Waals surface area contributed by atoms with E-state index in [0.717, 1.165) is 10.4 Å². The highest BCUT2D eigenvalue weighted by Crippen LogP contribution is 2.35. The highest BCUT2D eigenvalue weighted by atomic mass is 32.1. The number of benzene rings is 1. The summed E-state index contributed by atoms with van der Waals surface area (Å²) in [6, 6.07) is 14.1. The van der Waals surface area contributed by atoms with Crippen LogP contribution in [0.5, 0.6) is 0 Å². The number of anilines is 1. The average Bonchev–Trinajstić information content (AvgIpc) is 3.37. The monoisotopic (exact) mass is 399 g/mol. The molecule has 0 fully saturated rings. The van der Waals surface area contributed by atoms with E-state index in [-0.39, 0.29) is 17.2 Å². The van der Waals surface area contributed by atoms with Gasteiger partial charge in [-0.15, -0.1) is 11.3 Å². The third-order valence-electron chi connectivity index (χ3n) is 3.58. The lowest BCUT2D eigenvalue weighted by molar-refractivity contribution is -0.119. The molecule has 28 heavy (non-hydrogen) atoms. The Balaban J connectivity index is 1.73. The van der Waals surface area contributed by atoms with Crippen LogP contribution >= 0.6 is 11.3 Å². The van der Waals surface area contributed by atoms with Gasteiger partial charge in [-0.1, -0.05) is 30.3 Å². The molecule has 0 atom stereocenters. The molecule has 3 aromatic rings. The van der Waals surface area contributed by atoms with Crippen molar-refractivity contribution in [3.05, 3.63) is 65.4 Å². The Hall–Kier alpha value is -3.39. The van der Waals surface area contributed by atoms with Crippen molar-refractivity contribution in [1.29, 1.82) is 0 Å². The Morgan fingerprint density at radius 3 is 2.50 bits per heavy atom. The van der Waals surface area contributed by atoms with Crippen molar-refractivity contribution in [2.24, 2.45) is 0 Å². The Kier molecular flexibility index (Phi) is 6.23. The molecule has 7 nitrogen and oxygen atoms in total. The van der Waals surface area contributed by atoms with E-state index in [9.17, 15) is 14.4 Å². The van der Waals surface area contributed by atoms with Crippen molar-refractivity contribution in [2.45, 2.75) is 6.92 Å². The number of carbonyl (C=O) groups is 3. The molecule has 2 aromatic heterocycles. The van der Waals surface area contributed by atoms with Crippen molar-refractivity contribution in [2.75, 3.05) is 18.5 Å². The molecule has 0 saturated carbocycles. The maximum absolute atomic E-state index is 12.3. The summed E-state index contributed by atoms with van der Waals surface area (Å²) in [6.45, 7) is 1.40. The van der Waals surface area contributed by atoms with Gasteiger partial charge in [0.1, 0.15) is 4.88 Å². The first kappa shape index (κ1) is 19.4. The minimum atomic E-state index is -0.749. The summed E-state index contributed by atoms with van der Waals surface area (Å²) < 4.78 is 14.9. The van der Waals surface area contributed by atoms with E-state index in [0.29, 0.717) is 5.69 Å². The van der Waals surface area contributed by atoms with Crippen LogP contribution in [0, 0.1) is 0 Å². The van der Waals surface area contributed by atoms with E-state index in [1.54, 1.807) is 19.1 Å². The zero-order valence-corrected chi connectivity index (χ0v) is 15.8. The number of carbonyl (C=O) groups excluding carboxylic acids is 3. The average molecular weight is 399 g/mol. The topological polar surface area (TPSA) is 94.8 Å². The smallest absolute Gasteiger partial charge is 0.374 e. The van der Waals surface area contributed by atoms with E-state index in [1.165, 1.54) is 23.7 Å². The van der Waals surface area contributed by atoms with E-state index in [1.807, 2.05) is 30.3 Å². The van der Waals surface area contributed by atoms with Gasteiger partial charge in [-0.25, -0.2) is 9.59 Å². The first-order valence-corrected chi connectivity index (χ1v) is 9.27. The summed E-state index contributed by atoms with van der Waals surface area (Å²) in [5.74, 6) is -1.86. The van der Waals surface area contributed by atoms with Gasteiger partial charge in [0.2, 0.25) is 5.76 Å². The molecule has 0 saturated heterocycles. The number of ether oxygens (including phenoxy) is 2. The maximum atomic E-state index is 12.3. The number of nitrogens with one attached hydrogen (secondary N) is 1. The molecule has 144 valence electrons. The van der Waals surface area contributed by atoms with Gasteiger partial charge >= 0.3 is 11.9 Å². The predicted molar refractivity (Wildman–Crippen MR) is 103 cm³/mol. The first-order valence-electron chi connectivity index (χ1n) is 8.45. The number of amides is 1. The summed E-state index contributed by atoms with van der Waals surface area (Å²) in [5, 5.41) is 2.60. The largest absolute Gasteiger partial charge is 0.462 e. The number of esters is 2. The summed E-state index contributed by atoms with van der Waals surface area (Å²) in [6.07, 6.45) is 1.33. The van der Waals surface area contributed by atoms with Crippen LogP contribution in [0.25, 0.3) is 10.4 Å². The van der Waals surface area contributed by atoms with Crippen molar-refractivity contribution in [3.8, 4) is 10.4 Å². The van der Waals surface area contributed by atoms with E-state index in [2.05, 4.69) is 5.32 Å². The summed E-state index contributed by atoms with van der Waals surface area (Å²) in [5.41, 5.74) is 1.21. The molecule has 0 unspecified atom stereocenters. The molecule has 1 aromatic carbocycles. The Morgan fingerprint density at radius 1 is 1.04 bits per heavy atom. The zero-order chi connectivity index (χ0) is 19.9. The standard InChI is InChI=1S/C20H17NO6S/c1-2-25-20(24)18-14(11-16(28-18)13-7-4-3-5-8-13)21-17(22)12-27-19(23)15-9-6-10-26-15/h3-11H,2,12H2,1H3,(H,21,22). The van der Waals surface area contributed by atoms with Crippen molar-refractivity contribution < 1.29 is 28.3 Å². The minimum absolute atomic E-state index is 0.00177. The van der Waals surface area contributed by atoms with Gasteiger partial charge < -0.3 is 19.2 Å². The highest BCUT2D eigenvalue weighted by molar-refractivity contribution is 7.18. The molecule has 0 radical (unpaired) electrons. The van der Waals surface area contributed by atoms with E-state index in [4.69, 9.17) is 13.9 Å². The zero-order valence-electron chi connectivity index (χ0n) is 15.0. The van der Waals surface area contributed by atoms with Crippen molar-refractivity contribution in [3.63, 3.8) is 0 Å². The number of hydrogen-bond donors (Lipinski definition) is 1. The normalized spacial score (nSPS) is 10.3. The lowest BCUT2D eigenvalue weighted by Gasteiger charge is -2.06. The van der Waals surface area contributed by atoms with Gasteiger partial charge in [0, 0.05) is 4.88 Å². The highest BCUT2D eigenvalue weighted by Gasteiger charge is 2.21. The van der Waals surface area contributed by atoms with Gasteiger partial charge in [0.05, 0.1) is 18.6 Å². The minimum Gasteiger partial charge on any atom is -0.462 e. The van der Waals surface area contributed by atoms with Gasteiger partial charge in [-0.05, 0) is 30.7 Å². The molecular formula is C20H17NO6S. The van der Waals surface area contributed by atoms with Gasteiger partial charge in [-0.2, -0.15) is 0 Å². The Labute approximate surface area is 164 Å². The fourth-order valence-electron chi connectivity index (χ4n) is 2.36. The number of thiophene rings is 1. The Bertz CT molecular complexity index is 962. The predicted octanol–water partition coefficient (Wildman–Crippen LogP) is 3.98. The first-order chi connectivity index (χ1) is 13.6. The van der Waals surface area contributed by atoms with Crippen LogP contribution in [0.2, 0.25) is 0 Å². The van der Waals surface area contributed by atoms with Crippen molar-refractivity contribution >= 4 is 34.9 Å². The van der Waals surface area contributed by atoms with E-state index < -0.39 is 24.5 Å². The van der Waals surface area contributed by atoms with Crippen molar-refractivity contribution in [1.82, 2.24) is 0 Å². The third kappa shape index (κ3) is 4.66. The molecule has 0 spiro atoms. The second kappa shape index (κ2) is 9.01. The van der Waals surface area contributed by atoms with E-state index >= 15 is 0 Å². The molecular weight excluding hydrogens is 382 g/mol. The van der Waals surface area contributed by atoms with Crippen LogP contribution in [0.3, 0.4) is 0 Å². The maximum Gasteiger partial charge on any atom is 0.374 e. The molecule has 3 rings (SSSR count). The third-order valence-corrected chi connectivity index (χ3v) is 4.75. The van der Waals surface area contributed by atoms with Gasteiger partial charge in [0.25, 0.3) is 5.91 Å². The quantitative estimate of drug-likeness (QED) is 0.604. The Morgan fingerprint density at radius 2 is 1.82 bits per heavy atom. The number of rotatable bonds is 7. The molecule has 0 aliphatic heterocycles. The number of furan rings is 1. The second-order valence-electron chi connectivity index (χ2n) is 5.54. The molecule has 0 aliphatic rings. The van der Waals surface area contributed by atoms with Crippen LogP contribution < -0.4 is 5.32 Å². The SMILES string of the molecule is CCOC(=O)c1sc(-c2ccccc2)cc1NC(=O)COC(=O)c1ccco1. The molecule has 1 amide bonds. The number of hydrogen-bond acceptors (Lipinski definition) is 7. The molecule has 0 aliphatic carbocycles. The fourth-order valence-corrected chi connectivity index (χ4v) is 3.37. The van der Waals surface area contributed by atoms with Crippen LogP contribution in [0.1, 0.15) is 27.2 Å². The summed E-state index contributed by atoms with van der Waals surface area (Å²) in [4.78, 5) is 37.3. The van der Waals surface area contributed by atoms with Crippen LogP contribution in [-0.4, -0.2) is 31.1 Å². The second-order valence-corrected chi connectivity index (χ2v) is 6.59. The summed E-state index contributed by atoms with van der Waals surface area (Å²) >= 11 is 1.21. The van der Waals surface area contributed by atoms with Crippen LogP contribution in [-0.2, 0) is 14.3 Å². The molecule has 1 N–H and O–H groups in total. The lowest BCUT2D eigenvalue weighted by atomic mass is 10.2. The molecule has 8 heteroatoms. The lowest BCUT2D eigenvalue weighted by Crippen LogP contribution is -2.21.